The number of thiophene rings is 1. The number of hydrogen-bond acceptors (Lipinski definition) is 1. The molecule has 2 aromatic rings. The summed E-state index contributed by atoms with van der Waals surface area (Å²) in [6, 6.07) is 6.73. The molecule has 0 unspecified atom stereocenters. The highest BCUT2D eigenvalue weighted by atomic mass is 32.1. The molecule has 1 heteroatoms. The van der Waals surface area contributed by atoms with Gasteiger partial charge in [0.1, 0.15) is 0 Å². The van der Waals surface area contributed by atoms with E-state index in [1.807, 2.05) is 25.2 Å². The van der Waals surface area contributed by atoms with Gasteiger partial charge in [0.25, 0.3) is 0 Å². The van der Waals surface area contributed by atoms with Crippen molar-refractivity contribution in [1.82, 2.24) is 0 Å². The largest absolute Gasteiger partial charge is 0.136 e. The molecule has 0 N–H and O–H groups in total. The number of rotatable bonds is 2. The third kappa shape index (κ3) is 2.98. The maximum absolute atomic E-state index is 2.30. The summed E-state index contributed by atoms with van der Waals surface area (Å²) in [5.74, 6) is 0. The smallest absolute Gasteiger partial charge is 0.0352 e. The molecule has 0 saturated carbocycles. The number of hydrogen-bond donors (Lipinski definition) is 0. The van der Waals surface area contributed by atoms with E-state index >= 15 is 0 Å². The van der Waals surface area contributed by atoms with Gasteiger partial charge in [0.05, 0.1) is 0 Å². The van der Waals surface area contributed by atoms with Gasteiger partial charge in [0.2, 0.25) is 0 Å². The van der Waals surface area contributed by atoms with E-state index in [0.717, 1.165) is 6.42 Å². The van der Waals surface area contributed by atoms with Gasteiger partial charge < -0.3 is 0 Å². The van der Waals surface area contributed by atoms with E-state index in [1.165, 1.54) is 26.1 Å². The fourth-order valence-electron chi connectivity index (χ4n) is 1.93. The van der Waals surface area contributed by atoms with Gasteiger partial charge in [-0.2, -0.15) is 0 Å². The van der Waals surface area contributed by atoms with Crippen molar-refractivity contribution >= 4 is 27.5 Å². The molecule has 0 nitrogen and oxygen atoms in total. The first-order chi connectivity index (χ1) is 8.26. The highest BCUT2D eigenvalue weighted by molar-refractivity contribution is 7.20. The number of benzene rings is 1. The Morgan fingerprint density at radius 1 is 1.24 bits per heavy atom. The van der Waals surface area contributed by atoms with Crippen LogP contribution in [0.1, 0.15) is 43.7 Å². The normalized spacial score (nSPS) is 10.6. The molecule has 0 amide bonds. The van der Waals surface area contributed by atoms with E-state index in [0.29, 0.717) is 0 Å². The van der Waals surface area contributed by atoms with Crippen molar-refractivity contribution in [3.63, 3.8) is 0 Å². The standard InChI is InChI=1S/C14H16S.C2H6/c1-4-6-13-11(5-2)12-9-10(3)7-8-14(12)15-13;1-2/h4,6-9H,5H2,1-3H3;1-2H3/b6-4-;. The summed E-state index contributed by atoms with van der Waals surface area (Å²) in [6.07, 6.45) is 5.46. The van der Waals surface area contributed by atoms with Crippen LogP contribution in [0.5, 0.6) is 0 Å². The molecule has 17 heavy (non-hydrogen) atoms. The van der Waals surface area contributed by atoms with Crippen LogP contribution >= 0.6 is 11.3 Å². The number of fused-ring (bicyclic) bond motifs is 1. The third-order valence-corrected chi connectivity index (χ3v) is 3.83. The van der Waals surface area contributed by atoms with Gasteiger partial charge in [-0.15, -0.1) is 11.3 Å². The van der Waals surface area contributed by atoms with E-state index < -0.39 is 0 Å². The number of aryl methyl sites for hydroxylation is 2. The molecule has 1 heterocycles. The van der Waals surface area contributed by atoms with Gasteiger partial charge in [-0.05, 0) is 43.4 Å². The van der Waals surface area contributed by atoms with Gasteiger partial charge in [-0.3, -0.25) is 0 Å². The Balaban J connectivity index is 0.000000686. The quantitative estimate of drug-likeness (QED) is 0.625. The summed E-state index contributed by atoms with van der Waals surface area (Å²) in [5, 5.41) is 1.44. The first kappa shape index (κ1) is 14.0. The molecule has 92 valence electrons. The lowest BCUT2D eigenvalue weighted by Gasteiger charge is -1.97. The fraction of sp³-hybridized carbons (Fsp3) is 0.375. The number of allylic oxidation sites excluding steroid dienone is 1. The van der Waals surface area contributed by atoms with Crippen molar-refractivity contribution in [3.05, 3.63) is 40.3 Å². The second kappa shape index (κ2) is 6.61. The fourth-order valence-corrected chi connectivity index (χ4v) is 3.18. The van der Waals surface area contributed by atoms with Crippen molar-refractivity contribution in [2.75, 3.05) is 0 Å². The first-order valence-corrected chi connectivity index (χ1v) is 7.22. The topological polar surface area (TPSA) is 0 Å². The van der Waals surface area contributed by atoms with Crippen molar-refractivity contribution in [3.8, 4) is 0 Å². The summed E-state index contributed by atoms with van der Waals surface area (Å²) in [5.41, 5.74) is 2.85. The van der Waals surface area contributed by atoms with Crippen molar-refractivity contribution in [2.24, 2.45) is 0 Å². The van der Waals surface area contributed by atoms with Crippen LogP contribution in [-0.2, 0) is 6.42 Å². The molecule has 0 atom stereocenters. The van der Waals surface area contributed by atoms with E-state index in [-0.39, 0.29) is 0 Å². The Morgan fingerprint density at radius 2 is 1.94 bits per heavy atom. The minimum absolute atomic E-state index is 1.11. The molecule has 0 fully saturated rings. The zero-order valence-electron chi connectivity index (χ0n) is 11.5. The van der Waals surface area contributed by atoms with E-state index in [1.54, 1.807) is 0 Å². The van der Waals surface area contributed by atoms with Crippen LogP contribution < -0.4 is 0 Å². The average molecular weight is 246 g/mol. The van der Waals surface area contributed by atoms with Crippen LogP contribution in [-0.4, -0.2) is 0 Å². The predicted molar refractivity (Wildman–Crippen MR) is 82.0 cm³/mol. The van der Waals surface area contributed by atoms with Gasteiger partial charge in [0, 0.05) is 9.58 Å². The van der Waals surface area contributed by atoms with Gasteiger partial charge >= 0.3 is 0 Å². The third-order valence-electron chi connectivity index (χ3n) is 2.65. The Kier molecular flexibility index (Phi) is 5.43. The molecular formula is C16H22S. The van der Waals surface area contributed by atoms with E-state index in [2.05, 4.69) is 51.1 Å². The van der Waals surface area contributed by atoms with Crippen LogP contribution in [0.15, 0.2) is 24.3 Å². The maximum atomic E-state index is 2.30. The van der Waals surface area contributed by atoms with E-state index in [4.69, 9.17) is 0 Å². The van der Waals surface area contributed by atoms with Gasteiger partial charge in [-0.1, -0.05) is 44.5 Å². The summed E-state index contributed by atoms with van der Waals surface area (Å²) in [4.78, 5) is 1.42. The SMILES string of the molecule is C/C=C\c1sc2ccc(C)cc2c1CC.CC. The molecule has 1 aromatic heterocycles. The summed E-state index contributed by atoms with van der Waals surface area (Å²) in [6.45, 7) is 10.5. The Bertz CT molecular complexity index is 503. The second-order valence-electron chi connectivity index (χ2n) is 3.80. The Morgan fingerprint density at radius 3 is 2.53 bits per heavy atom. The average Bonchev–Trinajstić information content (AvgIpc) is 2.69. The van der Waals surface area contributed by atoms with Crippen LogP contribution in [0, 0.1) is 6.92 Å². The predicted octanol–water partition coefficient (Wildman–Crippen LogP) is 5.83. The van der Waals surface area contributed by atoms with Crippen LogP contribution in [0.4, 0.5) is 0 Å². The molecule has 0 bridgehead atoms. The molecule has 0 spiro atoms. The molecular weight excluding hydrogens is 224 g/mol. The lowest BCUT2D eigenvalue weighted by molar-refractivity contribution is 1.16. The zero-order chi connectivity index (χ0) is 12.8. The Hall–Kier alpha value is -1.08. The summed E-state index contributed by atoms with van der Waals surface area (Å²) in [7, 11) is 0. The molecule has 0 aliphatic heterocycles. The minimum Gasteiger partial charge on any atom is -0.136 e. The summed E-state index contributed by atoms with van der Waals surface area (Å²) < 4.78 is 1.41. The Labute approximate surface area is 109 Å². The van der Waals surface area contributed by atoms with E-state index in [9.17, 15) is 0 Å². The van der Waals surface area contributed by atoms with Gasteiger partial charge in [-0.25, -0.2) is 0 Å². The van der Waals surface area contributed by atoms with Crippen molar-refractivity contribution in [1.29, 1.82) is 0 Å². The monoisotopic (exact) mass is 246 g/mol. The highest BCUT2D eigenvalue weighted by Gasteiger charge is 2.07. The molecule has 1 aromatic carbocycles. The summed E-state index contributed by atoms with van der Waals surface area (Å²) >= 11 is 1.89. The molecule has 0 aliphatic carbocycles. The van der Waals surface area contributed by atoms with Crippen LogP contribution in [0.3, 0.4) is 0 Å². The molecule has 0 radical (unpaired) electrons. The van der Waals surface area contributed by atoms with Gasteiger partial charge in [0.15, 0.2) is 0 Å². The molecule has 0 saturated heterocycles. The molecule has 0 aliphatic rings. The van der Waals surface area contributed by atoms with Crippen LogP contribution in [0.25, 0.3) is 16.2 Å². The van der Waals surface area contributed by atoms with Crippen molar-refractivity contribution < 1.29 is 0 Å². The zero-order valence-corrected chi connectivity index (χ0v) is 12.3. The maximum Gasteiger partial charge on any atom is 0.0352 e. The highest BCUT2D eigenvalue weighted by Crippen LogP contribution is 2.33. The van der Waals surface area contributed by atoms with Crippen LogP contribution in [0.2, 0.25) is 0 Å². The lowest BCUT2D eigenvalue weighted by Crippen LogP contribution is -1.80. The minimum atomic E-state index is 1.11. The molecule has 2 rings (SSSR count). The lowest BCUT2D eigenvalue weighted by atomic mass is 10.1. The second-order valence-corrected chi connectivity index (χ2v) is 4.88. The van der Waals surface area contributed by atoms with Crippen molar-refractivity contribution in [2.45, 2.75) is 41.0 Å². The first-order valence-electron chi connectivity index (χ1n) is 6.41.